The number of hydrogen-bond acceptors (Lipinski definition) is 2. The molecule has 0 aromatic heterocycles. The van der Waals surface area contributed by atoms with E-state index < -0.39 is 22.9 Å². The minimum Gasteiger partial charge on any atom is -0.325 e. The van der Waals surface area contributed by atoms with E-state index in [1.165, 1.54) is 17.8 Å². The lowest BCUT2D eigenvalue weighted by atomic mass is 10.1. The summed E-state index contributed by atoms with van der Waals surface area (Å²) in [5.74, 6) is -0.504. The lowest BCUT2D eigenvalue weighted by molar-refractivity contribution is -0.137. The van der Waals surface area contributed by atoms with Gasteiger partial charge in [-0.2, -0.15) is 13.2 Å². The molecule has 2 aromatic rings. The molecular weight excluding hydrogens is 394 g/mol. The molecule has 0 fully saturated rings. The Labute approximate surface area is 157 Å². The predicted octanol–water partition coefficient (Wildman–Crippen LogP) is 6.52. The summed E-state index contributed by atoms with van der Waals surface area (Å²) in [6, 6.07) is 10.1. The van der Waals surface area contributed by atoms with Crippen LogP contribution in [0.25, 0.3) is 0 Å². The predicted molar refractivity (Wildman–Crippen MR) is 96.5 cm³/mol. The van der Waals surface area contributed by atoms with Crippen LogP contribution in [0.4, 0.5) is 18.9 Å². The van der Waals surface area contributed by atoms with Gasteiger partial charge < -0.3 is 5.32 Å². The van der Waals surface area contributed by atoms with E-state index in [9.17, 15) is 18.0 Å². The third-order valence-electron chi connectivity index (χ3n) is 3.30. The van der Waals surface area contributed by atoms with Crippen molar-refractivity contribution in [2.24, 2.45) is 0 Å². The van der Waals surface area contributed by atoms with Crippen molar-refractivity contribution in [1.82, 2.24) is 0 Å². The van der Waals surface area contributed by atoms with Crippen LogP contribution in [-0.4, -0.2) is 11.2 Å². The number of amides is 1. The molecule has 0 saturated carbocycles. The Kier molecular flexibility index (Phi) is 6.65. The van der Waals surface area contributed by atoms with Gasteiger partial charge in [0.1, 0.15) is 0 Å². The number of halogens is 5. The van der Waals surface area contributed by atoms with E-state index >= 15 is 0 Å². The summed E-state index contributed by atoms with van der Waals surface area (Å²) in [6.07, 6.45) is -4.16. The molecule has 25 heavy (non-hydrogen) atoms. The summed E-state index contributed by atoms with van der Waals surface area (Å²) < 4.78 is 39.4. The van der Waals surface area contributed by atoms with Crippen molar-refractivity contribution in [1.29, 1.82) is 0 Å². The normalized spacial score (nSPS) is 12.7. The molecule has 2 rings (SSSR count). The third-order valence-corrected chi connectivity index (χ3v) is 5.16. The van der Waals surface area contributed by atoms with Gasteiger partial charge in [-0.1, -0.05) is 30.1 Å². The van der Waals surface area contributed by atoms with Crippen molar-refractivity contribution in [2.75, 3.05) is 5.32 Å². The molecule has 134 valence electrons. The molecule has 0 bridgehead atoms. The van der Waals surface area contributed by atoms with E-state index in [0.717, 1.165) is 17.0 Å². The average Bonchev–Trinajstić information content (AvgIpc) is 2.55. The molecule has 0 radical (unpaired) electrons. The Morgan fingerprint density at radius 3 is 2.28 bits per heavy atom. The van der Waals surface area contributed by atoms with Crippen molar-refractivity contribution >= 4 is 46.6 Å². The first-order valence-electron chi connectivity index (χ1n) is 7.30. The zero-order chi connectivity index (χ0) is 18.6. The molecule has 1 N–H and O–H groups in total. The van der Waals surface area contributed by atoms with Gasteiger partial charge in [-0.3, -0.25) is 4.79 Å². The second-order valence-electron chi connectivity index (χ2n) is 5.15. The zero-order valence-corrected chi connectivity index (χ0v) is 15.4. The highest BCUT2D eigenvalue weighted by Gasteiger charge is 2.34. The number of nitrogens with one attached hydrogen (secondary N) is 1. The number of anilines is 1. The Hall–Kier alpha value is -1.37. The Balaban J connectivity index is 2.18. The number of hydrogen-bond donors (Lipinski definition) is 1. The summed E-state index contributed by atoms with van der Waals surface area (Å²) in [4.78, 5) is 13.2. The van der Waals surface area contributed by atoms with E-state index in [2.05, 4.69) is 5.32 Å². The van der Waals surface area contributed by atoms with Crippen molar-refractivity contribution in [3.05, 3.63) is 58.1 Å². The fourth-order valence-electron chi connectivity index (χ4n) is 2.07. The fraction of sp³-hybridized carbons (Fsp3) is 0.235. The topological polar surface area (TPSA) is 29.1 Å². The van der Waals surface area contributed by atoms with Crippen molar-refractivity contribution < 1.29 is 18.0 Å². The second-order valence-corrected chi connectivity index (χ2v) is 7.29. The maximum atomic E-state index is 13.1. The summed E-state index contributed by atoms with van der Waals surface area (Å²) >= 11 is 12.7. The highest BCUT2D eigenvalue weighted by Crippen LogP contribution is 2.37. The number of benzene rings is 2. The Morgan fingerprint density at radius 1 is 1.12 bits per heavy atom. The number of rotatable bonds is 5. The van der Waals surface area contributed by atoms with Gasteiger partial charge in [-0.15, -0.1) is 11.8 Å². The minimum absolute atomic E-state index is 0.0482. The molecule has 2 nitrogen and oxygen atoms in total. The summed E-state index contributed by atoms with van der Waals surface area (Å²) in [5, 5.41) is 2.34. The van der Waals surface area contributed by atoms with Crippen molar-refractivity contribution in [3.63, 3.8) is 0 Å². The maximum absolute atomic E-state index is 13.1. The number of carbonyl (C=O) groups excluding carboxylic acids is 1. The lowest BCUT2D eigenvalue weighted by Crippen LogP contribution is -2.26. The van der Waals surface area contributed by atoms with Gasteiger partial charge in [0.15, 0.2) is 0 Å². The Morgan fingerprint density at radius 2 is 1.72 bits per heavy atom. The molecule has 0 heterocycles. The van der Waals surface area contributed by atoms with Crippen LogP contribution in [0.3, 0.4) is 0 Å². The highest BCUT2D eigenvalue weighted by atomic mass is 35.5. The van der Waals surface area contributed by atoms with Gasteiger partial charge in [-0.05, 0) is 48.9 Å². The van der Waals surface area contributed by atoms with Crippen LogP contribution in [-0.2, 0) is 11.0 Å². The second kappa shape index (κ2) is 8.34. The highest BCUT2D eigenvalue weighted by molar-refractivity contribution is 8.00. The van der Waals surface area contributed by atoms with Gasteiger partial charge in [0.2, 0.25) is 5.91 Å². The summed E-state index contributed by atoms with van der Waals surface area (Å²) in [5.41, 5.74) is -1.28. The van der Waals surface area contributed by atoms with E-state index in [1.54, 1.807) is 31.2 Å². The van der Waals surface area contributed by atoms with Crippen LogP contribution >= 0.6 is 35.0 Å². The van der Waals surface area contributed by atoms with Gasteiger partial charge in [0.25, 0.3) is 0 Å². The van der Waals surface area contributed by atoms with E-state index in [1.807, 2.05) is 0 Å². The molecule has 0 aliphatic carbocycles. The number of alkyl halides is 3. The molecule has 8 heteroatoms. The lowest BCUT2D eigenvalue weighted by Gasteiger charge is -2.18. The molecular formula is C17H14Cl2F3NOS. The van der Waals surface area contributed by atoms with E-state index in [0.29, 0.717) is 11.4 Å². The van der Waals surface area contributed by atoms with Crippen LogP contribution in [0, 0.1) is 0 Å². The van der Waals surface area contributed by atoms with Crippen LogP contribution in [0.2, 0.25) is 10.0 Å². The SMILES string of the molecule is CCC(Sc1ccc(Cl)cc1)C(=O)Nc1ccc(Cl)cc1C(F)(F)F. The molecule has 0 aliphatic heterocycles. The van der Waals surface area contributed by atoms with Crippen LogP contribution < -0.4 is 5.32 Å². The molecule has 0 aliphatic rings. The van der Waals surface area contributed by atoms with Gasteiger partial charge in [-0.25, -0.2) is 0 Å². The summed E-state index contributed by atoms with van der Waals surface area (Å²) in [7, 11) is 0. The number of thioether (sulfide) groups is 1. The van der Waals surface area contributed by atoms with Gasteiger partial charge >= 0.3 is 6.18 Å². The van der Waals surface area contributed by atoms with Gasteiger partial charge in [0.05, 0.1) is 16.5 Å². The van der Waals surface area contributed by atoms with Crippen LogP contribution in [0.1, 0.15) is 18.9 Å². The van der Waals surface area contributed by atoms with Crippen molar-refractivity contribution in [3.8, 4) is 0 Å². The first kappa shape index (κ1) is 19.9. The quantitative estimate of drug-likeness (QED) is 0.571. The Bertz CT molecular complexity index is 751. The molecule has 1 amide bonds. The van der Waals surface area contributed by atoms with Crippen LogP contribution in [0.15, 0.2) is 47.4 Å². The van der Waals surface area contributed by atoms with Gasteiger partial charge in [0, 0.05) is 14.9 Å². The van der Waals surface area contributed by atoms with E-state index in [4.69, 9.17) is 23.2 Å². The molecule has 1 atom stereocenters. The van der Waals surface area contributed by atoms with Crippen LogP contribution in [0.5, 0.6) is 0 Å². The fourth-order valence-corrected chi connectivity index (χ4v) is 3.33. The van der Waals surface area contributed by atoms with Crippen molar-refractivity contribution in [2.45, 2.75) is 29.7 Å². The molecule has 0 saturated heterocycles. The molecule has 1 unspecified atom stereocenters. The smallest absolute Gasteiger partial charge is 0.325 e. The zero-order valence-electron chi connectivity index (χ0n) is 13.0. The summed E-state index contributed by atoms with van der Waals surface area (Å²) in [6.45, 7) is 1.79. The minimum atomic E-state index is -4.61. The first-order chi connectivity index (χ1) is 11.7. The first-order valence-corrected chi connectivity index (χ1v) is 8.94. The maximum Gasteiger partial charge on any atom is 0.418 e. The number of carbonyl (C=O) groups is 1. The van der Waals surface area contributed by atoms with E-state index in [-0.39, 0.29) is 10.7 Å². The molecule has 2 aromatic carbocycles. The third kappa shape index (κ3) is 5.56. The largest absolute Gasteiger partial charge is 0.418 e. The molecule has 0 spiro atoms. The standard InChI is InChI=1S/C17H14Cl2F3NOS/c1-2-15(25-12-6-3-10(18)4-7-12)16(24)23-14-8-5-11(19)9-13(14)17(20,21)22/h3-9,15H,2H2,1H3,(H,23,24). The monoisotopic (exact) mass is 407 g/mol. The average molecular weight is 408 g/mol.